The van der Waals surface area contributed by atoms with Crippen molar-refractivity contribution in [2.75, 3.05) is 0 Å². The zero-order valence-electron chi connectivity index (χ0n) is 13.6. The summed E-state index contributed by atoms with van der Waals surface area (Å²) in [6, 6.07) is 11.5. The molecule has 4 rings (SSSR count). The molecule has 0 fully saturated rings. The topological polar surface area (TPSA) is 53.0 Å². The number of benzene rings is 1. The van der Waals surface area contributed by atoms with Gasteiger partial charge in [0.2, 0.25) is 0 Å². The van der Waals surface area contributed by atoms with E-state index >= 15 is 0 Å². The first-order chi connectivity index (χ1) is 12.0. The Kier molecular flexibility index (Phi) is 4.21. The molecule has 1 aliphatic carbocycles. The molecule has 5 heteroatoms. The van der Waals surface area contributed by atoms with Gasteiger partial charge in [0, 0.05) is 15.8 Å². The minimum absolute atomic E-state index is 0.297. The first-order valence-electron chi connectivity index (χ1n) is 8.12. The van der Waals surface area contributed by atoms with Gasteiger partial charge in [-0.25, -0.2) is 4.98 Å². The number of halogens is 1. The fourth-order valence-corrected chi connectivity index (χ4v) is 4.94. The van der Waals surface area contributed by atoms with E-state index < -0.39 is 5.97 Å². The Hall–Kier alpha value is -1.98. The first-order valence-corrected chi connectivity index (χ1v) is 9.73. The van der Waals surface area contributed by atoms with Crippen LogP contribution in [0.3, 0.4) is 0 Å². The molecule has 0 bridgehead atoms. The van der Waals surface area contributed by atoms with Gasteiger partial charge in [0.1, 0.15) is 0 Å². The summed E-state index contributed by atoms with van der Waals surface area (Å²) in [5.41, 5.74) is 3.70. The molecule has 126 valence electrons. The standard InChI is InChI=1S/C20H16BrNO2S/c1-11-8-12(10-13-6-7-17(21)25-13)19-15(9-11)18(20(23)24)14-4-2-3-5-16(14)22-19/h2-7,10-11H,8-9H2,1H3,(H,23,24)/p-1/b12-10-/t11-/m0/s1. The van der Waals surface area contributed by atoms with Crippen LogP contribution in [0.25, 0.3) is 22.6 Å². The molecule has 3 aromatic rings. The van der Waals surface area contributed by atoms with E-state index in [1.807, 2.05) is 30.3 Å². The molecule has 1 atom stereocenters. The Labute approximate surface area is 158 Å². The molecular formula is C20H15BrNO2S-. The van der Waals surface area contributed by atoms with Crippen molar-refractivity contribution in [3.8, 4) is 0 Å². The number of aromatic nitrogens is 1. The van der Waals surface area contributed by atoms with Crippen molar-refractivity contribution in [1.29, 1.82) is 0 Å². The predicted octanol–water partition coefficient (Wildman–Crippen LogP) is 4.55. The molecule has 0 spiro atoms. The zero-order valence-corrected chi connectivity index (χ0v) is 16.0. The zero-order chi connectivity index (χ0) is 17.6. The summed E-state index contributed by atoms with van der Waals surface area (Å²) in [5.74, 6) is -0.759. The summed E-state index contributed by atoms with van der Waals surface area (Å²) in [6.07, 6.45) is 3.73. The molecular weight excluding hydrogens is 398 g/mol. The van der Waals surface area contributed by atoms with Crippen molar-refractivity contribution in [3.05, 3.63) is 61.9 Å². The fourth-order valence-electron chi connectivity index (χ4n) is 3.55. The largest absolute Gasteiger partial charge is 0.545 e. The maximum Gasteiger partial charge on any atom is 0.0725 e. The normalized spacial score (nSPS) is 18.5. The number of pyridine rings is 1. The summed E-state index contributed by atoms with van der Waals surface area (Å²) >= 11 is 5.15. The lowest BCUT2D eigenvalue weighted by atomic mass is 9.81. The predicted molar refractivity (Wildman–Crippen MR) is 103 cm³/mol. The molecule has 2 heterocycles. The summed E-state index contributed by atoms with van der Waals surface area (Å²) in [6.45, 7) is 2.15. The van der Waals surface area contributed by atoms with Gasteiger partial charge in [-0.2, -0.15) is 0 Å². The van der Waals surface area contributed by atoms with E-state index in [0.29, 0.717) is 28.8 Å². The van der Waals surface area contributed by atoms with Crippen LogP contribution in [0.15, 0.2) is 40.2 Å². The Balaban J connectivity index is 2.00. The second kappa shape index (κ2) is 6.39. The number of para-hydroxylation sites is 1. The van der Waals surface area contributed by atoms with Gasteiger partial charge in [-0.15, -0.1) is 11.3 Å². The lowest BCUT2D eigenvalue weighted by molar-refractivity contribution is -0.254. The lowest BCUT2D eigenvalue weighted by Gasteiger charge is -2.27. The molecule has 0 unspecified atom stereocenters. The molecule has 0 amide bonds. The van der Waals surface area contributed by atoms with Gasteiger partial charge in [-0.3, -0.25) is 0 Å². The van der Waals surface area contributed by atoms with E-state index in [1.54, 1.807) is 11.3 Å². The molecule has 0 radical (unpaired) electrons. The molecule has 1 aliphatic rings. The van der Waals surface area contributed by atoms with Crippen molar-refractivity contribution in [2.45, 2.75) is 19.8 Å². The molecule has 2 aromatic heterocycles. The summed E-state index contributed by atoms with van der Waals surface area (Å²) in [7, 11) is 0. The van der Waals surface area contributed by atoms with Gasteiger partial charge >= 0.3 is 0 Å². The third kappa shape index (κ3) is 3.02. The molecule has 0 aliphatic heterocycles. The molecule has 1 aromatic carbocycles. The number of fused-ring (bicyclic) bond motifs is 2. The number of hydrogen-bond acceptors (Lipinski definition) is 4. The summed E-state index contributed by atoms with van der Waals surface area (Å²) in [5, 5.41) is 12.6. The minimum Gasteiger partial charge on any atom is -0.545 e. The van der Waals surface area contributed by atoms with Crippen molar-refractivity contribution in [1.82, 2.24) is 4.98 Å². The highest BCUT2D eigenvalue weighted by molar-refractivity contribution is 9.11. The van der Waals surface area contributed by atoms with E-state index in [0.717, 1.165) is 31.9 Å². The maximum atomic E-state index is 11.9. The smallest absolute Gasteiger partial charge is 0.0725 e. The number of rotatable bonds is 2. The Morgan fingerprint density at radius 2 is 2.08 bits per heavy atom. The number of carboxylic acid groups (broad SMARTS) is 1. The van der Waals surface area contributed by atoms with Crippen molar-refractivity contribution in [3.63, 3.8) is 0 Å². The van der Waals surface area contributed by atoms with Gasteiger partial charge in [0.15, 0.2) is 0 Å². The first kappa shape index (κ1) is 16.5. The summed E-state index contributed by atoms with van der Waals surface area (Å²) in [4.78, 5) is 17.8. The van der Waals surface area contributed by atoms with Gasteiger partial charge in [-0.1, -0.05) is 25.1 Å². The summed E-state index contributed by atoms with van der Waals surface area (Å²) < 4.78 is 1.07. The average molecular weight is 413 g/mol. The fraction of sp³-hybridized carbons (Fsp3) is 0.200. The van der Waals surface area contributed by atoms with E-state index in [9.17, 15) is 9.90 Å². The van der Waals surface area contributed by atoms with E-state index in [2.05, 4.69) is 35.0 Å². The average Bonchev–Trinajstić information content (AvgIpc) is 2.97. The van der Waals surface area contributed by atoms with Crippen LogP contribution in [0, 0.1) is 5.92 Å². The van der Waals surface area contributed by atoms with Crippen LogP contribution in [0.1, 0.15) is 39.8 Å². The van der Waals surface area contributed by atoms with E-state index in [1.165, 1.54) is 0 Å². The van der Waals surface area contributed by atoms with Crippen LogP contribution >= 0.6 is 27.3 Å². The Bertz CT molecular complexity index is 1020. The van der Waals surface area contributed by atoms with E-state index in [-0.39, 0.29) is 0 Å². The number of aromatic carboxylic acids is 1. The van der Waals surface area contributed by atoms with Crippen LogP contribution in [0.5, 0.6) is 0 Å². The lowest BCUT2D eigenvalue weighted by Crippen LogP contribution is -2.27. The van der Waals surface area contributed by atoms with Crippen LogP contribution in [0.2, 0.25) is 0 Å². The van der Waals surface area contributed by atoms with Crippen LogP contribution in [-0.4, -0.2) is 11.0 Å². The maximum absolute atomic E-state index is 11.9. The Morgan fingerprint density at radius 1 is 1.28 bits per heavy atom. The quantitative estimate of drug-likeness (QED) is 0.620. The van der Waals surface area contributed by atoms with Crippen molar-refractivity contribution >= 4 is 55.8 Å². The van der Waals surface area contributed by atoms with Crippen LogP contribution < -0.4 is 5.11 Å². The SMILES string of the molecule is C[C@H]1C/C(=C/c2ccc(Br)s2)c2nc3ccccc3c(C(=O)[O-])c2C1. The number of allylic oxidation sites excluding steroid dienone is 1. The molecule has 3 nitrogen and oxygen atoms in total. The van der Waals surface area contributed by atoms with E-state index in [4.69, 9.17) is 4.98 Å². The number of thiophene rings is 1. The molecule has 0 saturated heterocycles. The highest BCUT2D eigenvalue weighted by Crippen LogP contribution is 2.39. The number of carboxylic acids is 1. The highest BCUT2D eigenvalue weighted by atomic mass is 79.9. The highest BCUT2D eigenvalue weighted by Gasteiger charge is 2.25. The van der Waals surface area contributed by atoms with Gasteiger partial charge < -0.3 is 9.90 Å². The van der Waals surface area contributed by atoms with Crippen LogP contribution in [-0.2, 0) is 6.42 Å². The Morgan fingerprint density at radius 3 is 2.80 bits per heavy atom. The number of carbonyl (C=O) groups excluding carboxylic acids is 1. The van der Waals surface area contributed by atoms with Crippen LogP contribution in [0.4, 0.5) is 0 Å². The molecule has 0 N–H and O–H groups in total. The number of carbonyl (C=O) groups is 1. The molecule has 25 heavy (non-hydrogen) atoms. The van der Waals surface area contributed by atoms with Crippen molar-refractivity contribution in [2.24, 2.45) is 5.92 Å². The van der Waals surface area contributed by atoms with Gasteiger partial charge in [0.25, 0.3) is 0 Å². The van der Waals surface area contributed by atoms with Gasteiger partial charge in [-0.05, 0) is 70.1 Å². The van der Waals surface area contributed by atoms with Crippen molar-refractivity contribution < 1.29 is 9.90 Å². The second-order valence-electron chi connectivity index (χ2n) is 6.44. The number of hydrogen-bond donors (Lipinski definition) is 0. The number of nitrogens with zero attached hydrogens (tertiary/aromatic N) is 1. The third-order valence-electron chi connectivity index (χ3n) is 4.53. The van der Waals surface area contributed by atoms with Gasteiger partial charge in [0.05, 0.1) is 21.0 Å². The molecule has 0 saturated carbocycles. The minimum atomic E-state index is -1.12. The second-order valence-corrected chi connectivity index (χ2v) is 8.94. The monoisotopic (exact) mass is 412 g/mol. The third-order valence-corrected chi connectivity index (χ3v) is 6.10.